The van der Waals surface area contributed by atoms with Gasteiger partial charge in [0.25, 0.3) is 5.91 Å². The molecular weight excluding hydrogens is 262 g/mol. The van der Waals surface area contributed by atoms with Crippen LogP contribution >= 0.6 is 0 Å². The predicted octanol–water partition coefficient (Wildman–Crippen LogP) is 3.15. The molecule has 0 aliphatic heterocycles. The first-order chi connectivity index (χ1) is 9.91. The maximum Gasteiger partial charge on any atom is 0.252 e. The summed E-state index contributed by atoms with van der Waals surface area (Å²) in [5.41, 5.74) is 5.27. The summed E-state index contributed by atoms with van der Waals surface area (Å²) in [7, 11) is 0. The molecule has 1 aliphatic carbocycles. The van der Waals surface area contributed by atoms with Gasteiger partial charge < -0.3 is 5.32 Å². The minimum absolute atomic E-state index is 0.0184. The van der Waals surface area contributed by atoms with E-state index in [1.807, 2.05) is 13.8 Å². The minimum Gasteiger partial charge on any atom is -0.349 e. The third-order valence-electron chi connectivity index (χ3n) is 3.95. The second kappa shape index (κ2) is 6.08. The molecule has 1 amide bonds. The van der Waals surface area contributed by atoms with Gasteiger partial charge >= 0.3 is 0 Å². The number of rotatable bonds is 4. The molecule has 1 aromatic rings. The molecule has 3 nitrogen and oxygen atoms in total. The number of carbonyl (C=O) groups excluding carboxylic acids is 2. The van der Waals surface area contributed by atoms with E-state index in [0.29, 0.717) is 6.54 Å². The number of aryl methyl sites for hydroxylation is 1. The van der Waals surface area contributed by atoms with Crippen LogP contribution in [0.15, 0.2) is 35.9 Å². The summed E-state index contributed by atoms with van der Waals surface area (Å²) in [4.78, 5) is 23.3. The fraction of sp³-hybridized carbons (Fsp3) is 0.333. The summed E-state index contributed by atoms with van der Waals surface area (Å²) in [5, 5.41) is 2.86. The fourth-order valence-electron chi connectivity index (χ4n) is 2.69. The maximum atomic E-state index is 12.4. The van der Waals surface area contributed by atoms with Crippen LogP contribution in [0.25, 0.3) is 5.57 Å². The minimum atomic E-state index is -0.0723. The summed E-state index contributed by atoms with van der Waals surface area (Å²) in [6.07, 6.45) is 3.14. The fourth-order valence-corrected chi connectivity index (χ4v) is 2.69. The molecule has 0 radical (unpaired) electrons. The second-order valence-electron chi connectivity index (χ2n) is 5.59. The van der Waals surface area contributed by atoms with Crippen LogP contribution in [0.5, 0.6) is 0 Å². The van der Waals surface area contributed by atoms with Crippen LogP contribution in [0.2, 0.25) is 0 Å². The van der Waals surface area contributed by atoms with Crippen molar-refractivity contribution in [1.82, 2.24) is 5.32 Å². The summed E-state index contributed by atoms with van der Waals surface area (Å²) in [6.45, 7) is 8.02. The summed E-state index contributed by atoms with van der Waals surface area (Å²) in [6, 6.07) is 6.26. The molecule has 2 rings (SSSR count). The van der Waals surface area contributed by atoms with E-state index in [-0.39, 0.29) is 17.6 Å². The van der Waals surface area contributed by atoms with Crippen LogP contribution in [-0.4, -0.2) is 18.2 Å². The Hall–Kier alpha value is -2.16. The van der Waals surface area contributed by atoms with Crippen molar-refractivity contribution < 1.29 is 9.59 Å². The Kier molecular flexibility index (Phi) is 4.41. The zero-order valence-corrected chi connectivity index (χ0v) is 13.0. The van der Waals surface area contributed by atoms with E-state index in [9.17, 15) is 9.59 Å². The monoisotopic (exact) mass is 283 g/mol. The summed E-state index contributed by atoms with van der Waals surface area (Å²) < 4.78 is 0. The number of benzene rings is 1. The highest BCUT2D eigenvalue weighted by atomic mass is 16.1. The lowest BCUT2D eigenvalue weighted by Gasteiger charge is -2.08. The molecule has 1 atom stereocenters. The van der Waals surface area contributed by atoms with Crippen molar-refractivity contribution in [1.29, 1.82) is 0 Å². The highest BCUT2D eigenvalue weighted by Gasteiger charge is 2.29. The number of allylic oxidation sites excluding steroid dienone is 2. The van der Waals surface area contributed by atoms with Gasteiger partial charge in [0.05, 0.1) is 0 Å². The Bertz CT molecular complexity index is 653. The van der Waals surface area contributed by atoms with Gasteiger partial charge in [0, 0.05) is 18.0 Å². The highest BCUT2D eigenvalue weighted by molar-refractivity contribution is 6.22. The van der Waals surface area contributed by atoms with Gasteiger partial charge in [-0.2, -0.15) is 0 Å². The Morgan fingerprint density at radius 2 is 2.00 bits per heavy atom. The van der Waals surface area contributed by atoms with Gasteiger partial charge in [0.2, 0.25) is 0 Å². The van der Waals surface area contributed by atoms with Crippen LogP contribution in [-0.2, 0) is 9.59 Å². The summed E-state index contributed by atoms with van der Waals surface area (Å²) >= 11 is 0. The lowest BCUT2D eigenvalue weighted by atomic mass is 9.98. The van der Waals surface area contributed by atoms with E-state index in [2.05, 4.69) is 30.4 Å². The van der Waals surface area contributed by atoms with Crippen molar-refractivity contribution in [3.63, 3.8) is 0 Å². The van der Waals surface area contributed by atoms with Gasteiger partial charge in [-0.05, 0) is 38.0 Å². The Morgan fingerprint density at radius 1 is 1.29 bits per heavy atom. The average molecular weight is 283 g/mol. The van der Waals surface area contributed by atoms with E-state index in [4.69, 9.17) is 0 Å². The van der Waals surface area contributed by atoms with Gasteiger partial charge in [0.1, 0.15) is 0 Å². The molecule has 0 bridgehead atoms. The second-order valence-corrected chi connectivity index (χ2v) is 5.59. The molecule has 0 saturated carbocycles. The number of hydrogen-bond acceptors (Lipinski definition) is 2. The zero-order chi connectivity index (χ0) is 15.6. The van der Waals surface area contributed by atoms with Gasteiger partial charge in [-0.15, -0.1) is 0 Å². The third-order valence-corrected chi connectivity index (χ3v) is 3.95. The van der Waals surface area contributed by atoms with E-state index in [0.717, 1.165) is 22.3 Å². The molecule has 1 aliphatic rings. The lowest BCUT2D eigenvalue weighted by Crippen LogP contribution is -2.24. The zero-order valence-electron chi connectivity index (χ0n) is 13.0. The molecule has 0 aromatic heterocycles. The van der Waals surface area contributed by atoms with Crippen molar-refractivity contribution in [2.45, 2.75) is 33.6 Å². The van der Waals surface area contributed by atoms with E-state index < -0.39 is 0 Å². The van der Waals surface area contributed by atoms with Crippen LogP contribution < -0.4 is 5.32 Å². The van der Waals surface area contributed by atoms with Crippen molar-refractivity contribution in [3.8, 4) is 0 Å². The molecule has 0 fully saturated rings. The van der Waals surface area contributed by atoms with Crippen molar-refractivity contribution in [2.75, 3.05) is 6.54 Å². The van der Waals surface area contributed by atoms with E-state index >= 15 is 0 Å². The quantitative estimate of drug-likeness (QED) is 0.863. The number of nitrogens with one attached hydrogen (secondary N) is 1. The molecule has 3 heteroatoms. The highest BCUT2D eigenvalue weighted by Crippen LogP contribution is 2.41. The molecule has 0 heterocycles. The number of amides is 1. The van der Waals surface area contributed by atoms with E-state index in [1.54, 1.807) is 6.08 Å². The lowest BCUT2D eigenvalue weighted by molar-refractivity contribution is -0.115. The first-order valence-corrected chi connectivity index (χ1v) is 7.18. The normalized spacial score (nSPS) is 17.2. The molecule has 110 valence electrons. The van der Waals surface area contributed by atoms with Crippen molar-refractivity contribution in [3.05, 3.63) is 52.6 Å². The smallest absolute Gasteiger partial charge is 0.252 e. The molecule has 21 heavy (non-hydrogen) atoms. The molecule has 1 aromatic carbocycles. The van der Waals surface area contributed by atoms with Crippen LogP contribution in [0.4, 0.5) is 0 Å². The largest absolute Gasteiger partial charge is 0.349 e. The summed E-state index contributed by atoms with van der Waals surface area (Å²) in [5.74, 6) is 0.182. The number of ketones is 1. The third kappa shape index (κ3) is 3.13. The average Bonchev–Trinajstić information content (AvgIpc) is 2.66. The standard InChI is InChI=1S/C18H21NO2/c1-11-7-8-15-13(3)14(4)17(16(15)10-11)18(21)19-9-5-6-12(2)20/h5-8,10,13H,9H2,1-4H3,(H,19,21)/b6-5+. The maximum absolute atomic E-state index is 12.4. The number of fused-ring (bicyclic) bond motifs is 1. The van der Waals surface area contributed by atoms with Gasteiger partial charge in [-0.1, -0.05) is 42.3 Å². The number of hydrogen-bond donors (Lipinski definition) is 1. The molecular formula is C18H21NO2. The first kappa shape index (κ1) is 15.2. The topological polar surface area (TPSA) is 46.2 Å². The molecule has 0 saturated heterocycles. The molecule has 1 N–H and O–H groups in total. The Morgan fingerprint density at radius 3 is 2.67 bits per heavy atom. The van der Waals surface area contributed by atoms with E-state index in [1.165, 1.54) is 18.6 Å². The Labute approximate surface area is 125 Å². The number of carbonyl (C=O) groups is 2. The predicted molar refractivity (Wildman–Crippen MR) is 85.0 cm³/mol. The first-order valence-electron chi connectivity index (χ1n) is 7.18. The SMILES string of the molecule is CC(=O)/C=C/CNC(=O)C1=C(C)C(C)c2ccc(C)cc21. The van der Waals surface area contributed by atoms with Gasteiger partial charge in [-0.25, -0.2) is 0 Å². The van der Waals surface area contributed by atoms with Crippen LogP contribution in [0.1, 0.15) is 43.4 Å². The van der Waals surface area contributed by atoms with Crippen LogP contribution in [0, 0.1) is 6.92 Å². The van der Waals surface area contributed by atoms with Gasteiger partial charge in [0.15, 0.2) is 5.78 Å². The van der Waals surface area contributed by atoms with Crippen molar-refractivity contribution in [2.24, 2.45) is 0 Å². The molecule has 1 unspecified atom stereocenters. The van der Waals surface area contributed by atoms with Crippen LogP contribution in [0.3, 0.4) is 0 Å². The van der Waals surface area contributed by atoms with Gasteiger partial charge in [-0.3, -0.25) is 9.59 Å². The van der Waals surface area contributed by atoms with Crippen molar-refractivity contribution >= 4 is 17.3 Å². The Balaban J connectivity index is 2.21. The molecule has 0 spiro atoms.